The molecule has 2 rings (SSSR count). The van der Waals surface area contributed by atoms with Crippen molar-refractivity contribution in [3.63, 3.8) is 0 Å². The number of unbranched alkanes of at least 4 members (excludes halogenated alkanes) is 1. The number of nitrogens with zero attached hydrogens (tertiary/aromatic N) is 2. The first kappa shape index (κ1) is 24.8. The number of hydrazone groups is 1. The Bertz CT molecular complexity index is 836. The number of hydrogen-bond donors (Lipinski definition) is 2. The van der Waals surface area contributed by atoms with E-state index in [4.69, 9.17) is 0 Å². The number of carbonyl (C=O) groups excluding carboxylic acids is 2. The van der Waals surface area contributed by atoms with E-state index >= 15 is 0 Å². The molecule has 0 saturated heterocycles. The second kappa shape index (κ2) is 13.7. The summed E-state index contributed by atoms with van der Waals surface area (Å²) in [4.78, 5) is 27.0. The van der Waals surface area contributed by atoms with Gasteiger partial charge in [0.15, 0.2) is 0 Å². The predicted molar refractivity (Wildman–Crippen MR) is 129 cm³/mol. The highest BCUT2D eigenvalue weighted by Gasteiger charge is 2.23. The van der Waals surface area contributed by atoms with E-state index in [-0.39, 0.29) is 17.9 Å². The molecule has 2 aromatic rings. The number of benzene rings is 2. The molecule has 0 aromatic heterocycles. The van der Waals surface area contributed by atoms with Crippen molar-refractivity contribution in [3.05, 3.63) is 70.2 Å². The zero-order chi connectivity index (χ0) is 22.5. The van der Waals surface area contributed by atoms with E-state index in [2.05, 4.69) is 50.5 Å². The minimum absolute atomic E-state index is 0.0686. The van der Waals surface area contributed by atoms with E-state index in [1.807, 2.05) is 42.5 Å². The van der Waals surface area contributed by atoms with Gasteiger partial charge in [0.05, 0.1) is 12.3 Å². The molecule has 2 N–H and O–H groups in total. The largest absolute Gasteiger partial charge is 0.352 e. The van der Waals surface area contributed by atoms with Gasteiger partial charge in [0.25, 0.3) is 11.8 Å². The van der Waals surface area contributed by atoms with Crippen molar-refractivity contribution in [3.8, 4) is 0 Å². The molecule has 1 unspecified atom stereocenters. The molecule has 0 aliphatic rings. The molecule has 0 heterocycles. The summed E-state index contributed by atoms with van der Waals surface area (Å²) in [5, 5.41) is 7.06. The van der Waals surface area contributed by atoms with Crippen LogP contribution in [0.15, 0.2) is 64.2 Å². The summed E-state index contributed by atoms with van der Waals surface area (Å²) in [7, 11) is 0. The molecule has 6 nitrogen and oxygen atoms in total. The molecule has 31 heavy (non-hydrogen) atoms. The standard InChI is InChI=1S/C24H31BrN4O2/c1-3-29(4-2)22(24(31)28-27-18-19-13-15-21(25)16-14-19)12-8-9-17-26-23(30)20-10-6-5-7-11-20/h5-7,10-11,13-16,18,22H,3-4,8-9,12,17H2,1-2H3,(H,26,30)(H,28,31)/b27-18+. The number of amides is 2. The van der Waals surface area contributed by atoms with Gasteiger partial charge in [-0.3, -0.25) is 14.5 Å². The molecule has 0 spiro atoms. The van der Waals surface area contributed by atoms with Gasteiger partial charge < -0.3 is 5.32 Å². The van der Waals surface area contributed by atoms with Gasteiger partial charge in [0.1, 0.15) is 0 Å². The van der Waals surface area contributed by atoms with Crippen LogP contribution in [0.5, 0.6) is 0 Å². The average Bonchev–Trinajstić information content (AvgIpc) is 2.80. The quantitative estimate of drug-likeness (QED) is 0.268. The van der Waals surface area contributed by atoms with E-state index in [1.165, 1.54) is 0 Å². The summed E-state index contributed by atoms with van der Waals surface area (Å²) >= 11 is 3.40. The fraction of sp³-hybridized carbons (Fsp3) is 0.375. The molecule has 0 radical (unpaired) electrons. The summed E-state index contributed by atoms with van der Waals surface area (Å²) in [6.07, 6.45) is 4.00. The Morgan fingerprint density at radius 2 is 1.71 bits per heavy atom. The highest BCUT2D eigenvalue weighted by Crippen LogP contribution is 2.11. The first-order valence-electron chi connectivity index (χ1n) is 10.7. The summed E-state index contributed by atoms with van der Waals surface area (Å²) in [5.41, 5.74) is 4.26. The van der Waals surface area contributed by atoms with E-state index < -0.39 is 0 Å². The molecule has 2 amide bonds. The van der Waals surface area contributed by atoms with Crippen LogP contribution in [-0.2, 0) is 4.79 Å². The number of halogens is 1. The summed E-state index contributed by atoms with van der Waals surface area (Å²) in [5.74, 6) is -0.175. The SMILES string of the molecule is CCN(CC)C(CCCCNC(=O)c1ccccc1)C(=O)N/N=C/c1ccc(Br)cc1. The van der Waals surface area contributed by atoms with Crippen molar-refractivity contribution in [1.29, 1.82) is 0 Å². The van der Waals surface area contributed by atoms with Gasteiger partial charge in [0, 0.05) is 16.6 Å². The highest BCUT2D eigenvalue weighted by molar-refractivity contribution is 9.10. The number of likely N-dealkylation sites (N-methyl/N-ethyl adjacent to an activating group) is 1. The third-order valence-corrected chi connectivity index (χ3v) is 5.57. The van der Waals surface area contributed by atoms with Crippen LogP contribution in [0.2, 0.25) is 0 Å². The van der Waals surface area contributed by atoms with Crippen molar-refractivity contribution in [2.75, 3.05) is 19.6 Å². The Hall–Kier alpha value is -2.51. The minimum atomic E-state index is -0.248. The van der Waals surface area contributed by atoms with Crippen LogP contribution in [0, 0.1) is 0 Å². The Morgan fingerprint density at radius 1 is 1.03 bits per heavy atom. The highest BCUT2D eigenvalue weighted by atomic mass is 79.9. The molecule has 0 aliphatic carbocycles. The molecular weight excluding hydrogens is 456 g/mol. The topological polar surface area (TPSA) is 73.8 Å². The molecule has 0 bridgehead atoms. The van der Waals surface area contributed by atoms with E-state index in [0.717, 1.165) is 36.0 Å². The zero-order valence-electron chi connectivity index (χ0n) is 18.2. The lowest BCUT2D eigenvalue weighted by atomic mass is 10.1. The molecule has 166 valence electrons. The molecule has 2 aromatic carbocycles. The summed E-state index contributed by atoms with van der Waals surface area (Å²) in [6, 6.07) is 16.6. The van der Waals surface area contributed by atoms with Crippen LogP contribution < -0.4 is 10.7 Å². The molecule has 0 fully saturated rings. The Kier molecular flexibility index (Phi) is 11.0. The number of hydrogen-bond acceptors (Lipinski definition) is 4. The monoisotopic (exact) mass is 486 g/mol. The Balaban J connectivity index is 1.81. The average molecular weight is 487 g/mol. The second-order valence-corrected chi connectivity index (χ2v) is 8.06. The predicted octanol–water partition coefficient (Wildman–Crippen LogP) is 4.21. The van der Waals surface area contributed by atoms with Crippen LogP contribution in [0.4, 0.5) is 0 Å². The Labute approximate surface area is 193 Å². The van der Waals surface area contributed by atoms with Crippen molar-refractivity contribution < 1.29 is 9.59 Å². The van der Waals surface area contributed by atoms with Crippen molar-refractivity contribution in [2.24, 2.45) is 5.10 Å². The van der Waals surface area contributed by atoms with Crippen LogP contribution in [0.3, 0.4) is 0 Å². The van der Waals surface area contributed by atoms with Crippen molar-refractivity contribution >= 4 is 34.0 Å². The lowest BCUT2D eigenvalue weighted by Gasteiger charge is -2.28. The first-order valence-corrected chi connectivity index (χ1v) is 11.5. The van der Waals surface area contributed by atoms with Crippen LogP contribution >= 0.6 is 15.9 Å². The van der Waals surface area contributed by atoms with Gasteiger partial charge in [-0.25, -0.2) is 5.43 Å². The van der Waals surface area contributed by atoms with Crippen molar-refractivity contribution in [1.82, 2.24) is 15.6 Å². The number of nitrogens with one attached hydrogen (secondary N) is 2. The first-order chi connectivity index (χ1) is 15.0. The number of carbonyl (C=O) groups is 2. The van der Waals surface area contributed by atoms with Gasteiger partial charge in [-0.1, -0.05) is 60.1 Å². The maximum atomic E-state index is 12.8. The Morgan fingerprint density at radius 3 is 2.35 bits per heavy atom. The lowest BCUT2D eigenvalue weighted by Crippen LogP contribution is -2.45. The summed E-state index contributed by atoms with van der Waals surface area (Å²) < 4.78 is 0.996. The third-order valence-electron chi connectivity index (χ3n) is 5.04. The maximum Gasteiger partial charge on any atom is 0.257 e. The third kappa shape index (κ3) is 8.63. The van der Waals surface area contributed by atoms with Gasteiger partial charge in [-0.15, -0.1) is 0 Å². The van der Waals surface area contributed by atoms with Gasteiger partial charge in [0.2, 0.25) is 0 Å². The van der Waals surface area contributed by atoms with Crippen molar-refractivity contribution in [2.45, 2.75) is 39.2 Å². The fourth-order valence-corrected chi connectivity index (χ4v) is 3.56. The number of rotatable bonds is 12. The van der Waals surface area contributed by atoms with Gasteiger partial charge in [-0.2, -0.15) is 5.10 Å². The maximum absolute atomic E-state index is 12.8. The van der Waals surface area contributed by atoms with Gasteiger partial charge >= 0.3 is 0 Å². The smallest absolute Gasteiger partial charge is 0.257 e. The van der Waals surface area contributed by atoms with E-state index in [0.29, 0.717) is 18.5 Å². The van der Waals surface area contributed by atoms with Crippen LogP contribution in [0.1, 0.15) is 49.0 Å². The fourth-order valence-electron chi connectivity index (χ4n) is 3.29. The van der Waals surface area contributed by atoms with Crippen LogP contribution in [0.25, 0.3) is 0 Å². The molecule has 0 saturated carbocycles. The lowest BCUT2D eigenvalue weighted by molar-refractivity contribution is -0.126. The minimum Gasteiger partial charge on any atom is -0.352 e. The van der Waals surface area contributed by atoms with Crippen LogP contribution in [-0.4, -0.2) is 48.6 Å². The van der Waals surface area contributed by atoms with E-state index in [9.17, 15) is 9.59 Å². The second-order valence-electron chi connectivity index (χ2n) is 7.14. The molecular formula is C24H31BrN4O2. The molecule has 1 atom stereocenters. The van der Waals surface area contributed by atoms with Gasteiger partial charge in [-0.05, 0) is 62.2 Å². The molecule has 0 aliphatic heterocycles. The summed E-state index contributed by atoms with van der Waals surface area (Å²) in [6.45, 7) is 6.26. The van der Waals surface area contributed by atoms with E-state index in [1.54, 1.807) is 18.3 Å². The normalized spacial score (nSPS) is 12.1. The molecule has 7 heteroatoms. The zero-order valence-corrected chi connectivity index (χ0v) is 19.8.